The molecule has 7 nitrogen and oxygen atoms in total. The standard InChI is InChI=1S/C22H24N4O3S/c1-15-18(16(2)29-25-15)14-30-22-17(6-5-9-23-22)21(27)24-19-7-3-4-8-20(19)26-10-12-28-13-11-26/h3-9H,10-14H2,1-2H3,(H,24,27). The van der Waals surface area contributed by atoms with Crippen molar-refractivity contribution in [1.29, 1.82) is 0 Å². The van der Waals surface area contributed by atoms with E-state index in [1.54, 1.807) is 18.3 Å². The van der Waals surface area contributed by atoms with E-state index in [1.807, 2.05) is 38.1 Å². The Hall–Kier alpha value is -2.84. The molecule has 1 amide bonds. The van der Waals surface area contributed by atoms with Gasteiger partial charge in [0, 0.05) is 30.6 Å². The van der Waals surface area contributed by atoms with Crippen LogP contribution in [0.5, 0.6) is 0 Å². The third kappa shape index (κ3) is 4.49. The number of anilines is 2. The lowest BCUT2D eigenvalue weighted by atomic mass is 10.2. The highest BCUT2D eigenvalue weighted by Gasteiger charge is 2.19. The second-order valence-corrected chi connectivity index (χ2v) is 7.98. The largest absolute Gasteiger partial charge is 0.378 e. The number of aryl methyl sites for hydroxylation is 2. The van der Waals surface area contributed by atoms with Crippen LogP contribution in [0.25, 0.3) is 0 Å². The monoisotopic (exact) mass is 424 g/mol. The molecule has 30 heavy (non-hydrogen) atoms. The fourth-order valence-electron chi connectivity index (χ4n) is 3.38. The molecule has 156 valence electrons. The Kier molecular flexibility index (Phi) is 6.35. The Bertz CT molecular complexity index is 1010. The number of rotatable bonds is 6. The normalized spacial score (nSPS) is 14.0. The van der Waals surface area contributed by atoms with E-state index in [2.05, 4.69) is 20.4 Å². The second-order valence-electron chi connectivity index (χ2n) is 7.02. The predicted octanol–water partition coefficient (Wildman–Crippen LogP) is 4.07. The molecule has 0 bridgehead atoms. The molecule has 1 aromatic carbocycles. The van der Waals surface area contributed by atoms with Crippen molar-refractivity contribution < 1.29 is 14.1 Å². The number of para-hydroxylation sites is 2. The van der Waals surface area contributed by atoms with E-state index in [4.69, 9.17) is 9.26 Å². The van der Waals surface area contributed by atoms with Crippen molar-refractivity contribution in [2.75, 3.05) is 36.5 Å². The molecule has 0 atom stereocenters. The first-order valence-corrected chi connectivity index (χ1v) is 10.8. The lowest BCUT2D eigenvalue weighted by molar-refractivity contribution is 0.102. The van der Waals surface area contributed by atoms with E-state index in [0.29, 0.717) is 29.6 Å². The van der Waals surface area contributed by atoms with Gasteiger partial charge in [-0.2, -0.15) is 0 Å². The minimum absolute atomic E-state index is 0.176. The van der Waals surface area contributed by atoms with Gasteiger partial charge in [-0.1, -0.05) is 17.3 Å². The van der Waals surface area contributed by atoms with Crippen LogP contribution < -0.4 is 10.2 Å². The van der Waals surface area contributed by atoms with Crippen molar-refractivity contribution >= 4 is 29.0 Å². The van der Waals surface area contributed by atoms with Crippen LogP contribution in [0.4, 0.5) is 11.4 Å². The van der Waals surface area contributed by atoms with Gasteiger partial charge in [0.05, 0.1) is 35.8 Å². The second kappa shape index (κ2) is 9.32. The molecule has 3 aromatic rings. The number of aromatic nitrogens is 2. The smallest absolute Gasteiger partial charge is 0.258 e. The lowest BCUT2D eigenvalue weighted by Crippen LogP contribution is -2.36. The van der Waals surface area contributed by atoms with E-state index in [9.17, 15) is 4.79 Å². The molecule has 1 fully saturated rings. The molecule has 0 radical (unpaired) electrons. The average molecular weight is 425 g/mol. The average Bonchev–Trinajstić information content (AvgIpc) is 3.10. The van der Waals surface area contributed by atoms with Gasteiger partial charge < -0.3 is 19.5 Å². The summed E-state index contributed by atoms with van der Waals surface area (Å²) in [5.41, 5.74) is 4.24. The summed E-state index contributed by atoms with van der Waals surface area (Å²) in [4.78, 5) is 19.8. The van der Waals surface area contributed by atoms with Gasteiger partial charge in [0.15, 0.2) is 0 Å². The number of carbonyl (C=O) groups excluding carboxylic acids is 1. The number of pyridine rings is 1. The Balaban J connectivity index is 1.52. The van der Waals surface area contributed by atoms with Crippen molar-refractivity contribution in [3.8, 4) is 0 Å². The molecule has 3 heterocycles. The van der Waals surface area contributed by atoms with Gasteiger partial charge in [-0.15, -0.1) is 11.8 Å². The zero-order valence-corrected chi connectivity index (χ0v) is 17.9. The maximum Gasteiger partial charge on any atom is 0.258 e. The first-order chi connectivity index (χ1) is 14.6. The number of benzene rings is 1. The van der Waals surface area contributed by atoms with E-state index in [0.717, 1.165) is 41.5 Å². The molecular formula is C22H24N4O3S. The molecular weight excluding hydrogens is 400 g/mol. The molecule has 1 aliphatic heterocycles. The lowest BCUT2D eigenvalue weighted by Gasteiger charge is -2.30. The van der Waals surface area contributed by atoms with Crippen LogP contribution in [0.3, 0.4) is 0 Å². The molecule has 0 aliphatic carbocycles. The van der Waals surface area contributed by atoms with Crippen LogP contribution >= 0.6 is 11.8 Å². The summed E-state index contributed by atoms with van der Waals surface area (Å²) in [6.07, 6.45) is 1.70. The molecule has 8 heteroatoms. The summed E-state index contributed by atoms with van der Waals surface area (Å²) < 4.78 is 10.7. The summed E-state index contributed by atoms with van der Waals surface area (Å²) in [5.74, 6) is 1.26. The minimum Gasteiger partial charge on any atom is -0.378 e. The van der Waals surface area contributed by atoms with Crippen molar-refractivity contribution in [2.45, 2.75) is 24.6 Å². The van der Waals surface area contributed by atoms with Gasteiger partial charge in [-0.05, 0) is 38.1 Å². The van der Waals surface area contributed by atoms with Gasteiger partial charge in [0.2, 0.25) is 0 Å². The Morgan fingerprint density at radius 2 is 1.97 bits per heavy atom. The zero-order valence-electron chi connectivity index (χ0n) is 17.1. The topological polar surface area (TPSA) is 80.5 Å². The SMILES string of the molecule is Cc1noc(C)c1CSc1ncccc1C(=O)Nc1ccccc1N1CCOCC1. The first kappa shape index (κ1) is 20.4. The van der Waals surface area contributed by atoms with Gasteiger partial charge >= 0.3 is 0 Å². The van der Waals surface area contributed by atoms with E-state index >= 15 is 0 Å². The molecule has 1 N–H and O–H groups in total. The van der Waals surface area contributed by atoms with Crippen molar-refractivity contribution in [3.05, 3.63) is 65.2 Å². The van der Waals surface area contributed by atoms with Crippen molar-refractivity contribution in [3.63, 3.8) is 0 Å². The van der Waals surface area contributed by atoms with Crippen molar-refractivity contribution in [1.82, 2.24) is 10.1 Å². The quantitative estimate of drug-likeness (QED) is 0.598. The number of carbonyl (C=O) groups is 1. The Morgan fingerprint density at radius 3 is 2.73 bits per heavy atom. The number of nitrogens with zero attached hydrogens (tertiary/aromatic N) is 3. The predicted molar refractivity (Wildman–Crippen MR) is 117 cm³/mol. The number of hydrogen-bond donors (Lipinski definition) is 1. The highest BCUT2D eigenvalue weighted by molar-refractivity contribution is 7.98. The fraction of sp³-hybridized carbons (Fsp3) is 0.318. The first-order valence-electron chi connectivity index (χ1n) is 9.86. The Morgan fingerprint density at radius 1 is 1.17 bits per heavy atom. The number of ether oxygens (including phenoxy) is 1. The van der Waals surface area contributed by atoms with Crippen LogP contribution in [0.15, 0.2) is 52.1 Å². The number of amides is 1. The summed E-state index contributed by atoms with van der Waals surface area (Å²) in [6.45, 7) is 6.79. The number of hydrogen-bond acceptors (Lipinski definition) is 7. The van der Waals surface area contributed by atoms with Crippen LogP contribution in [-0.4, -0.2) is 42.4 Å². The summed E-state index contributed by atoms with van der Waals surface area (Å²) in [7, 11) is 0. The molecule has 0 saturated carbocycles. The molecule has 4 rings (SSSR count). The highest BCUT2D eigenvalue weighted by atomic mass is 32.2. The maximum atomic E-state index is 13.1. The molecule has 1 aliphatic rings. The van der Waals surface area contributed by atoms with Crippen LogP contribution in [0.1, 0.15) is 27.4 Å². The number of morpholine rings is 1. The van der Waals surface area contributed by atoms with E-state index in [1.165, 1.54) is 11.8 Å². The minimum atomic E-state index is -0.176. The van der Waals surface area contributed by atoms with Gasteiger partial charge in [-0.25, -0.2) is 4.98 Å². The maximum absolute atomic E-state index is 13.1. The van der Waals surface area contributed by atoms with Crippen LogP contribution in [0.2, 0.25) is 0 Å². The number of thioether (sulfide) groups is 1. The highest BCUT2D eigenvalue weighted by Crippen LogP contribution is 2.30. The third-order valence-corrected chi connectivity index (χ3v) is 6.09. The molecule has 0 spiro atoms. The molecule has 0 unspecified atom stereocenters. The van der Waals surface area contributed by atoms with Crippen LogP contribution in [-0.2, 0) is 10.5 Å². The van der Waals surface area contributed by atoms with Crippen LogP contribution in [0, 0.1) is 13.8 Å². The molecule has 1 saturated heterocycles. The summed E-state index contributed by atoms with van der Waals surface area (Å²) >= 11 is 1.51. The van der Waals surface area contributed by atoms with E-state index in [-0.39, 0.29) is 5.91 Å². The van der Waals surface area contributed by atoms with Crippen molar-refractivity contribution in [2.24, 2.45) is 0 Å². The summed E-state index contributed by atoms with van der Waals surface area (Å²) in [6, 6.07) is 11.4. The van der Waals surface area contributed by atoms with Gasteiger partial charge in [0.1, 0.15) is 10.8 Å². The van der Waals surface area contributed by atoms with Gasteiger partial charge in [0.25, 0.3) is 5.91 Å². The zero-order chi connectivity index (χ0) is 20.9. The third-order valence-electron chi connectivity index (χ3n) is 5.05. The Labute approximate surface area is 179 Å². The molecule has 2 aromatic heterocycles. The summed E-state index contributed by atoms with van der Waals surface area (Å²) in [5, 5.41) is 7.75. The van der Waals surface area contributed by atoms with E-state index < -0.39 is 0 Å². The number of nitrogens with one attached hydrogen (secondary N) is 1. The van der Waals surface area contributed by atoms with Gasteiger partial charge in [-0.3, -0.25) is 4.79 Å². The fourth-order valence-corrected chi connectivity index (χ4v) is 4.52.